The molecular weight excluding hydrogens is 635 g/mol. The molecule has 4 aromatic carbocycles. The first kappa shape index (κ1) is 33.9. The normalized spacial score (nSPS) is 27.1. The maximum absolute atomic E-state index is 12.8. The third kappa shape index (κ3) is 7.57. The fraction of sp³-hybridized carbons (Fsp3) is 0.432. The number of benzene rings is 4. The number of ether oxygens (including phenoxy) is 3. The molecule has 1 aliphatic heterocycles. The highest BCUT2D eigenvalue weighted by Gasteiger charge is 2.59. The second-order valence-electron chi connectivity index (χ2n) is 15.3. The molecule has 0 spiro atoms. The molecule has 1 heterocycles. The highest BCUT2D eigenvalue weighted by atomic mass is 16.5. The van der Waals surface area contributed by atoms with Crippen LogP contribution in [0.5, 0.6) is 11.5 Å². The number of amides is 1. The molecule has 266 valence electrons. The molecule has 1 amide bonds. The summed E-state index contributed by atoms with van der Waals surface area (Å²) in [6.07, 6.45) is 5.61. The van der Waals surface area contributed by atoms with Gasteiger partial charge in [0.25, 0.3) is 0 Å². The fourth-order valence-electron chi connectivity index (χ4n) is 9.61. The van der Waals surface area contributed by atoms with Crippen LogP contribution in [0.1, 0.15) is 60.8 Å². The summed E-state index contributed by atoms with van der Waals surface area (Å²) in [5.74, 6) is 3.19. The van der Waals surface area contributed by atoms with E-state index >= 15 is 0 Å². The lowest BCUT2D eigenvalue weighted by molar-refractivity contribution is -0.117. The minimum absolute atomic E-state index is 0.000430. The number of aryl methyl sites for hydroxylation is 1. The number of carbonyl (C=O) groups excluding carboxylic acids is 1. The Morgan fingerprint density at radius 3 is 2.29 bits per heavy atom. The van der Waals surface area contributed by atoms with Gasteiger partial charge in [-0.2, -0.15) is 0 Å². The van der Waals surface area contributed by atoms with Gasteiger partial charge in [-0.25, -0.2) is 0 Å². The molecule has 51 heavy (non-hydrogen) atoms. The first-order valence-electron chi connectivity index (χ1n) is 19.0. The first-order chi connectivity index (χ1) is 25.0. The quantitative estimate of drug-likeness (QED) is 0.169. The van der Waals surface area contributed by atoms with Crippen LogP contribution in [-0.2, 0) is 29.2 Å². The lowest BCUT2D eigenvalue weighted by Crippen LogP contribution is -2.52. The number of anilines is 1. The number of nitrogens with zero attached hydrogens (tertiary/aromatic N) is 1. The zero-order valence-electron chi connectivity index (χ0n) is 29.8. The monoisotopic (exact) mass is 685 g/mol. The molecule has 4 aromatic rings. The molecule has 7 heteroatoms. The average Bonchev–Trinajstić information content (AvgIpc) is 3.50. The van der Waals surface area contributed by atoms with E-state index in [1.807, 2.05) is 30.3 Å². The van der Waals surface area contributed by atoms with Crippen LogP contribution in [0.2, 0.25) is 0 Å². The Morgan fingerprint density at radius 2 is 1.55 bits per heavy atom. The van der Waals surface area contributed by atoms with Crippen molar-refractivity contribution in [3.05, 3.63) is 125 Å². The third-order valence-corrected chi connectivity index (χ3v) is 12.1. The summed E-state index contributed by atoms with van der Waals surface area (Å²) in [4.78, 5) is 15.0. The minimum Gasteiger partial charge on any atom is -0.490 e. The van der Waals surface area contributed by atoms with Gasteiger partial charge in [0.1, 0.15) is 24.2 Å². The molecule has 0 aromatic heterocycles. The van der Waals surface area contributed by atoms with E-state index in [4.69, 9.17) is 14.2 Å². The van der Waals surface area contributed by atoms with Crippen LogP contribution < -0.4 is 20.1 Å². The van der Waals surface area contributed by atoms with Crippen molar-refractivity contribution in [1.82, 2.24) is 10.2 Å². The van der Waals surface area contributed by atoms with Crippen LogP contribution in [0.4, 0.5) is 5.69 Å². The Labute approximate surface area is 302 Å². The molecule has 4 aliphatic rings. The predicted octanol–water partition coefficient (Wildman–Crippen LogP) is 7.61. The van der Waals surface area contributed by atoms with Crippen LogP contribution in [0.25, 0.3) is 0 Å². The summed E-state index contributed by atoms with van der Waals surface area (Å²) in [6, 6.07) is 35.7. The van der Waals surface area contributed by atoms with Crippen LogP contribution >= 0.6 is 0 Å². The summed E-state index contributed by atoms with van der Waals surface area (Å²) in [7, 11) is 0. The molecular formula is C44H51N3O4. The second-order valence-corrected chi connectivity index (χ2v) is 15.3. The maximum atomic E-state index is 12.8. The van der Waals surface area contributed by atoms with Crippen molar-refractivity contribution >= 4 is 11.6 Å². The molecule has 1 saturated heterocycles. The van der Waals surface area contributed by atoms with Crippen LogP contribution in [0.15, 0.2) is 103 Å². The van der Waals surface area contributed by atoms with Crippen molar-refractivity contribution in [3.63, 3.8) is 0 Å². The van der Waals surface area contributed by atoms with Crippen molar-refractivity contribution < 1.29 is 19.0 Å². The summed E-state index contributed by atoms with van der Waals surface area (Å²) in [5.41, 5.74) is 6.02. The number of rotatable bonds is 11. The Kier molecular flexibility index (Phi) is 10.1. The largest absolute Gasteiger partial charge is 0.490 e. The number of hydrogen-bond acceptors (Lipinski definition) is 6. The number of hydrogen-bond donors (Lipinski definition) is 2. The van der Waals surface area contributed by atoms with E-state index in [0.717, 1.165) is 69.0 Å². The van der Waals surface area contributed by atoms with Gasteiger partial charge in [-0.05, 0) is 103 Å². The lowest BCUT2D eigenvalue weighted by atomic mass is 9.54. The SMILES string of the molecule is C[C@]12C[C@H](Oc3ccc(NC(=O)CN4CCNCC4)cc3)[C@@H]3c4ccc(OCc5ccccc5)cc4CC[C@H]3[C@@H]1CC[C@@H]2OCc1ccccc1. The van der Waals surface area contributed by atoms with Crippen molar-refractivity contribution in [2.45, 2.75) is 70.4 Å². The van der Waals surface area contributed by atoms with Gasteiger partial charge >= 0.3 is 0 Å². The summed E-state index contributed by atoms with van der Waals surface area (Å²) in [6.45, 7) is 7.74. The first-order valence-corrected chi connectivity index (χ1v) is 19.0. The van der Waals surface area contributed by atoms with E-state index in [9.17, 15) is 4.79 Å². The molecule has 2 saturated carbocycles. The molecule has 2 N–H and O–H groups in total. The fourth-order valence-corrected chi connectivity index (χ4v) is 9.61. The van der Waals surface area contributed by atoms with E-state index in [1.165, 1.54) is 28.7 Å². The molecule has 3 fully saturated rings. The number of fused-ring (bicyclic) bond motifs is 5. The predicted molar refractivity (Wildman–Crippen MR) is 201 cm³/mol. The standard InChI is InChI=1S/C44H51N3O4/c1-44-27-40(51-35-15-13-34(14-16-35)46-42(48)28-47-24-22-45-23-25-47)43-37-19-17-36(49-29-31-8-4-2-5-9-31)26-33(37)12-18-38(43)39(44)20-21-41(44)50-30-32-10-6-3-7-11-32/h2-11,13-17,19,26,38-41,43,45H,12,18,20-25,27-30H2,1H3,(H,46,48)/t38-,39-,40-,41-,43+,44-/m0/s1. The van der Waals surface area contributed by atoms with E-state index < -0.39 is 0 Å². The summed E-state index contributed by atoms with van der Waals surface area (Å²) >= 11 is 0. The number of piperazine rings is 1. The zero-order chi connectivity index (χ0) is 34.6. The van der Waals surface area contributed by atoms with E-state index in [2.05, 4.69) is 95.3 Å². The van der Waals surface area contributed by atoms with E-state index in [-0.39, 0.29) is 23.5 Å². The van der Waals surface area contributed by atoms with Crippen LogP contribution in [0.3, 0.4) is 0 Å². The highest BCUT2D eigenvalue weighted by Crippen LogP contribution is 2.62. The third-order valence-electron chi connectivity index (χ3n) is 12.1. The Morgan fingerprint density at radius 1 is 0.843 bits per heavy atom. The zero-order valence-corrected chi connectivity index (χ0v) is 29.8. The van der Waals surface area contributed by atoms with Crippen molar-refractivity contribution in [2.24, 2.45) is 17.3 Å². The highest BCUT2D eigenvalue weighted by molar-refractivity contribution is 5.92. The summed E-state index contributed by atoms with van der Waals surface area (Å²) < 4.78 is 20.1. The van der Waals surface area contributed by atoms with Crippen molar-refractivity contribution in [3.8, 4) is 11.5 Å². The van der Waals surface area contributed by atoms with Gasteiger partial charge in [0.2, 0.25) is 5.91 Å². The van der Waals surface area contributed by atoms with E-state index in [0.29, 0.717) is 37.5 Å². The number of nitrogens with one attached hydrogen (secondary N) is 2. The van der Waals surface area contributed by atoms with E-state index in [1.54, 1.807) is 0 Å². The van der Waals surface area contributed by atoms with Gasteiger partial charge in [-0.15, -0.1) is 0 Å². The molecule has 6 atom stereocenters. The van der Waals surface area contributed by atoms with Crippen molar-refractivity contribution in [1.29, 1.82) is 0 Å². The topological polar surface area (TPSA) is 72.1 Å². The minimum atomic E-state index is 0.000430. The van der Waals surface area contributed by atoms with Crippen LogP contribution in [-0.4, -0.2) is 55.7 Å². The van der Waals surface area contributed by atoms with Gasteiger partial charge in [0.05, 0.1) is 19.3 Å². The van der Waals surface area contributed by atoms with Gasteiger partial charge in [0, 0.05) is 43.2 Å². The van der Waals surface area contributed by atoms with Crippen molar-refractivity contribution in [2.75, 3.05) is 38.0 Å². The molecule has 8 rings (SSSR count). The van der Waals surface area contributed by atoms with Crippen LogP contribution in [0, 0.1) is 17.3 Å². The van der Waals surface area contributed by atoms with Gasteiger partial charge < -0.3 is 24.8 Å². The molecule has 0 unspecified atom stereocenters. The average molecular weight is 686 g/mol. The van der Waals surface area contributed by atoms with Gasteiger partial charge in [0.15, 0.2) is 0 Å². The lowest BCUT2D eigenvalue weighted by Gasteiger charge is -2.53. The Hall–Kier alpha value is -4.17. The molecule has 3 aliphatic carbocycles. The van der Waals surface area contributed by atoms with Gasteiger partial charge in [-0.1, -0.05) is 73.7 Å². The smallest absolute Gasteiger partial charge is 0.238 e. The van der Waals surface area contributed by atoms with Gasteiger partial charge in [-0.3, -0.25) is 9.69 Å². The molecule has 7 nitrogen and oxygen atoms in total. The molecule has 0 radical (unpaired) electrons. The molecule has 0 bridgehead atoms. The Bertz CT molecular complexity index is 1760. The second kappa shape index (κ2) is 15.2. The maximum Gasteiger partial charge on any atom is 0.238 e. The number of carbonyl (C=O) groups is 1. The summed E-state index contributed by atoms with van der Waals surface area (Å²) in [5, 5.41) is 6.43. The Balaban J connectivity index is 1.02.